The lowest BCUT2D eigenvalue weighted by Gasteiger charge is -2.20. The van der Waals surface area contributed by atoms with Crippen LogP contribution in [0.25, 0.3) is 0 Å². The van der Waals surface area contributed by atoms with E-state index in [1.807, 2.05) is 25.1 Å². The number of rotatable bonds is 8. The van der Waals surface area contributed by atoms with Crippen molar-refractivity contribution < 1.29 is 17.9 Å². The maximum Gasteiger partial charge on any atom is 0.389 e. The Kier molecular flexibility index (Phi) is 7.52. The number of nitrogens with one attached hydrogen (secondary N) is 1. The molecule has 1 unspecified atom stereocenters. The highest BCUT2D eigenvalue weighted by atomic mass is 79.9. The van der Waals surface area contributed by atoms with Crippen LogP contribution in [0.15, 0.2) is 22.7 Å². The Balaban J connectivity index is 2.74. The molecule has 0 aromatic heterocycles. The maximum atomic E-state index is 12.3. The molecule has 0 heterocycles. The highest BCUT2D eigenvalue weighted by molar-refractivity contribution is 9.10. The summed E-state index contributed by atoms with van der Waals surface area (Å²) in [6.07, 6.45) is -3.32. The standard InChI is InChI=1S/C15H21BrF3NO/c1-3-9-20-13(5-4-8-15(17,18)19)11-6-7-14(21-2)12(16)10-11/h6-7,10,13,20H,3-5,8-9H2,1-2H3. The van der Waals surface area contributed by atoms with Gasteiger partial charge in [0.05, 0.1) is 11.6 Å². The third-order valence-electron chi connectivity index (χ3n) is 3.17. The number of hydrogen-bond donors (Lipinski definition) is 1. The molecule has 1 aromatic rings. The zero-order valence-electron chi connectivity index (χ0n) is 12.3. The number of methoxy groups -OCH3 is 1. The monoisotopic (exact) mass is 367 g/mol. The fraction of sp³-hybridized carbons (Fsp3) is 0.600. The van der Waals surface area contributed by atoms with E-state index in [2.05, 4.69) is 21.2 Å². The lowest BCUT2D eigenvalue weighted by Crippen LogP contribution is -2.22. The molecule has 0 aliphatic carbocycles. The fourth-order valence-electron chi connectivity index (χ4n) is 2.11. The summed E-state index contributed by atoms with van der Waals surface area (Å²) in [6, 6.07) is 5.54. The first kappa shape index (κ1) is 18.3. The Morgan fingerprint density at radius 1 is 1.33 bits per heavy atom. The van der Waals surface area contributed by atoms with Crippen LogP contribution in [0.3, 0.4) is 0 Å². The summed E-state index contributed by atoms with van der Waals surface area (Å²) in [5, 5.41) is 3.31. The molecule has 0 saturated carbocycles. The molecule has 0 aliphatic heterocycles. The van der Waals surface area contributed by atoms with Gasteiger partial charge in [0.2, 0.25) is 0 Å². The number of hydrogen-bond acceptors (Lipinski definition) is 2. The Labute approximate surface area is 132 Å². The van der Waals surface area contributed by atoms with Crippen molar-refractivity contribution in [3.05, 3.63) is 28.2 Å². The van der Waals surface area contributed by atoms with Crippen LogP contribution in [0, 0.1) is 0 Å². The first-order valence-electron chi connectivity index (χ1n) is 7.01. The van der Waals surface area contributed by atoms with Gasteiger partial charge in [-0.15, -0.1) is 0 Å². The van der Waals surface area contributed by atoms with E-state index in [0.717, 1.165) is 23.0 Å². The van der Waals surface area contributed by atoms with Crippen molar-refractivity contribution in [2.45, 2.75) is 44.8 Å². The van der Waals surface area contributed by atoms with Crippen LogP contribution in [0.1, 0.15) is 44.2 Å². The molecule has 0 amide bonds. The van der Waals surface area contributed by atoms with Crippen molar-refractivity contribution >= 4 is 15.9 Å². The molecule has 0 aliphatic rings. The average Bonchev–Trinajstić information content (AvgIpc) is 2.41. The second-order valence-electron chi connectivity index (χ2n) is 4.91. The van der Waals surface area contributed by atoms with E-state index in [1.54, 1.807) is 7.11 Å². The molecular weight excluding hydrogens is 347 g/mol. The normalized spacial score (nSPS) is 13.2. The Hall–Kier alpha value is -0.750. The largest absolute Gasteiger partial charge is 0.496 e. The van der Waals surface area contributed by atoms with Crippen molar-refractivity contribution in [3.63, 3.8) is 0 Å². The van der Waals surface area contributed by atoms with Crippen molar-refractivity contribution in [2.24, 2.45) is 0 Å². The zero-order valence-corrected chi connectivity index (χ0v) is 13.9. The Morgan fingerprint density at radius 2 is 2.05 bits per heavy atom. The molecule has 1 aromatic carbocycles. The van der Waals surface area contributed by atoms with Gasteiger partial charge in [-0.3, -0.25) is 0 Å². The van der Waals surface area contributed by atoms with Gasteiger partial charge in [0, 0.05) is 12.5 Å². The minimum absolute atomic E-state index is 0.0745. The summed E-state index contributed by atoms with van der Waals surface area (Å²) in [7, 11) is 1.58. The fourth-order valence-corrected chi connectivity index (χ4v) is 2.67. The SMILES string of the molecule is CCCNC(CCCC(F)(F)F)c1ccc(OC)c(Br)c1. The topological polar surface area (TPSA) is 21.3 Å². The highest BCUT2D eigenvalue weighted by Gasteiger charge is 2.27. The molecule has 1 rings (SSSR count). The summed E-state index contributed by atoms with van der Waals surface area (Å²) in [6.45, 7) is 2.81. The Bertz CT molecular complexity index is 437. The van der Waals surface area contributed by atoms with E-state index < -0.39 is 12.6 Å². The molecule has 0 spiro atoms. The quantitative estimate of drug-likeness (QED) is 0.678. The van der Waals surface area contributed by atoms with Gasteiger partial charge in [0.1, 0.15) is 5.75 Å². The zero-order chi connectivity index (χ0) is 15.9. The van der Waals surface area contributed by atoms with Crippen LogP contribution >= 0.6 is 15.9 Å². The molecule has 2 nitrogen and oxygen atoms in total. The third-order valence-corrected chi connectivity index (χ3v) is 3.79. The summed E-state index contributed by atoms with van der Waals surface area (Å²) in [5.74, 6) is 0.711. The molecule has 0 fully saturated rings. The molecule has 0 radical (unpaired) electrons. The van der Waals surface area contributed by atoms with Crippen LogP contribution in [-0.4, -0.2) is 19.8 Å². The van der Waals surface area contributed by atoms with Gasteiger partial charge in [-0.05, 0) is 59.4 Å². The Morgan fingerprint density at radius 3 is 2.57 bits per heavy atom. The summed E-state index contributed by atoms with van der Waals surface area (Å²) >= 11 is 3.41. The van der Waals surface area contributed by atoms with Crippen molar-refractivity contribution in [3.8, 4) is 5.75 Å². The van der Waals surface area contributed by atoms with Crippen molar-refractivity contribution in [2.75, 3.05) is 13.7 Å². The van der Waals surface area contributed by atoms with Crippen LogP contribution < -0.4 is 10.1 Å². The summed E-state index contributed by atoms with van der Waals surface area (Å²) in [5.41, 5.74) is 0.971. The summed E-state index contributed by atoms with van der Waals surface area (Å²) in [4.78, 5) is 0. The summed E-state index contributed by atoms with van der Waals surface area (Å²) < 4.78 is 42.8. The van der Waals surface area contributed by atoms with E-state index in [0.29, 0.717) is 12.2 Å². The average molecular weight is 368 g/mol. The minimum atomic E-state index is -4.09. The smallest absolute Gasteiger partial charge is 0.389 e. The molecular formula is C15H21BrF3NO. The molecule has 0 bridgehead atoms. The van der Waals surface area contributed by atoms with E-state index >= 15 is 0 Å². The van der Waals surface area contributed by atoms with Gasteiger partial charge in [0.15, 0.2) is 0 Å². The van der Waals surface area contributed by atoms with Gasteiger partial charge in [-0.25, -0.2) is 0 Å². The molecule has 21 heavy (non-hydrogen) atoms. The molecule has 1 N–H and O–H groups in total. The molecule has 0 saturated heterocycles. The number of benzene rings is 1. The second-order valence-corrected chi connectivity index (χ2v) is 5.76. The molecule has 1 atom stereocenters. The first-order valence-corrected chi connectivity index (χ1v) is 7.80. The maximum absolute atomic E-state index is 12.3. The van der Waals surface area contributed by atoms with Gasteiger partial charge in [0.25, 0.3) is 0 Å². The number of ether oxygens (including phenoxy) is 1. The predicted octanol–water partition coefficient (Wildman–Crippen LogP) is 5.23. The van der Waals surface area contributed by atoms with Gasteiger partial charge in [-0.2, -0.15) is 13.2 Å². The lowest BCUT2D eigenvalue weighted by molar-refractivity contribution is -0.135. The highest BCUT2D eigenvalue weighted by Crippen LogP contribution is 2.31. The van der Waals surface area contributed by atoms with E-state index in [9.17, 15) is 13.2 Å². The van der Waals surface area contributed by atoms with Gasteiger partial charge >= 0.3 is 6.18 Å². The van der Waals surface area contributed by atoms with Crippen molar-refractivity contribution in [1.29, 1.82) is 0 Å². The number of alkyl halides is 3. The van der Waals surface area contributed by atoms with Crippen molar-refractivity contribution in [1.82, 2.24) is 5.32 Å². The first-order chi connectivity index (χ1) is 9.87. The van der Waals surface area contributed by atoms with E-state index in [-0.39, 0.29) is 12.5 Å². The van der Waals surface area contributed by atoms with Crippen LogP contribution in [-0.2, 0) is 0 Å². The molecule has 120 valence electrons. The van der Waals surface area contributed by atoms with E-state index in [1.165, 1.54) is 0 Å². The second kappa shape index (κ2) is 8.63. The van der Waals surface area contributed by atoms with Crippen LogP contribution in [0.4, 0.5) is 13.2 Å². The van der Waals surface area contributed by atoms with Crippen LogP contribution in [0.5, 0.6) is 5.75 Å². The third kappa shape index (κ3) is 6.70. The van der Waals surface area contributed by atoms with Gasteiger partial charge in [-0.1, -0.05) is 13.0 Å². The van der Waals surface area contributed by atoms with Gasteiger partial charge < -0.3 is 10.1 Å². The van der Waals surface area contributed by atoms with Crippen LogP contribution in [0.2, 0.25) is 0 Å². The minimum Gasteiger partial charge on any atom is -0.496 e. The van der Waals surface area contributed by atoms with E-state index in [4.69, 9.17) is 4.74 Å². The lowest BCUT2D eigenvalue weighted by atomic mass is 10.0. The predicted molar refractivity (Wildman–Crippen MR) is 81.6 cm³/mol. The molecule has 6 heteroatoms. The number of halogens is 4.